The largest absolute Gasteiger partial charge is 0.351 e. The van der Waals surface area contributed by atoms with Gasteiger partial charge in [0.25, 0.3) is 0 Å². The molecule has 1 fully saturated rings. The van der Waals surface area contributed by atoms with Crippen molar-refractivity contribution >= 4 is 29.1 Å². The Kier molecular flexibility index (Phi) is 5.08. The van der Waals surface area contributed by atoms with Crippen LogP contribution in [0.2, 0.25) is 10.0 Å². The first kappa shape index (κ1) is 14.6. The number of rotatable bonds is 3. The van der Waals surface area contributed by atoms with Crippen LogP contribution < -0.4 is 10.6 Å². The van der Waals surface area contributed by atoms with Crippen LogP contribution in [0.25, 0.3) is 0 Å². The lowest BCUT2D eigenvalue weighted by Gasteiger charge is -2.27. The highest BCUT2D eigenvalue weighted by molar-refractivity contribution is 6.35. The summed E-state index contributed by atoms with van der Waals surface area (Å²) in [4.78, 5) is 12.1. The Balaban J connectivity index is 1.89. The summed E-state index contributed by atoms with van der Waals surface area (Å²) in [5.41, 5.74) is 0.878. The third-order valence-corrected chi connectivity index (χ3v) is 3.99. The maximum atomic E-state index is 12.1. The standard InChI is InChI=1S/C14H18Cl2N2O/c1-9-3-2-4-13(18-9)14(19)17-8-10-5-6-11(15)7-12(10)16/h5-7,9,13,18H,2-4,8H2,1H3,(H,17,19). The van der Waals surface area contributed by atoms with Crippen LogP contribution >= 0.6 is 23.2 Å². The minimum absolute atomic E-state index is 0.0394. The van der Waals surface area contributed by atoms with Gasteiger partial charge < -0.3 is 10.6 Å². The Morgan fingerprint density at radius 2 is 2.21 bits per heavy atom. The van der Waals surface area contributed by atoms with Crippen molar-refractivity contribution in [2.75, 3.05) is 0 Å². The van der Waals surface area contributed by atoms with E-state index in [1.807, 2.05) is 6.07 Å². The zero-order valence-corrected chi connectivity index (χ0v) is 12.4. The lowest BCUT2D eigenvalue weighted by molar-refractivity contribution is -0.124. The average Bonchev–Trinajstić information content (AvgIpc) is 2.37. The van der Waals surface area contributed by atoms with E-state index in [-0.39, 0.29) is 11.9 Å². The molecule has 0 aliphatic carbocycles. The van der Waals surface area contributed by atoms with E-state index in [1.165, 1.54) is 0 Å². The van der Waals surface area contributed by atoms with Gasteiger partial charge in [-0.25, -0.2) is 0 Å². The lowest BCUT2D eigenvalue weighted by atomic mass is 9.99. The van der Waals surface area contributed by atoms with Crippen LogP contribution in [-0.4, -0.2) is 18.0 Å². The first-order valence-electron chi connectivity index (χ1n) is 6.54. The normalized spacial score (nSPS) is 23.1. The zero-order valence-electron chi connectivity index (χ0n) is 10.9. The molecule has 1 aliphatic heterocycles. The van der Waals surface area contributed by atoms with Crippen LogP contribution in [0.15, 0.2) is 18.2 Å². The monoisotopic (exact) mass is 300 g/mol. The van der Waals surface area contributed by atoms with E-state index in [2.05, 4.69) is 17.6 Å². The SMILES string of the molecule is CC1CCCC(C(=O)NCc2ccc(Cl)cc2Cl)N1. The van der Waals surface area contributed by atoms with E-state index >= 15 is 0 Å². The molecule has 1 aromatic carbocycles. The van der Waals surface area contributed by atoms with E-state index in [0.717, 1.165) is 24.8 Å². The first-order chi connectivity index (χ1) is 9.06. The van der Waals surface area contributed by atoms with Crippen molar-refractivity contribution in [3.8, 4) is 0 Å². The Hall–Kier alpha value is -0.770. The predicted octanol–water partition coefficient (Wildman–Crippen LogP) is 3.14. The van der Waals surface area contributed by atoms with Gasteiger partial charge in [-0.2, -0.15) is 0 Å². The Labute approximate surface area is 123 Å². The Morgan fingerprint density at radius 3 is 2.89 bits per heavy atom. The van der Waals surface area contributed by atoms with Gasteiger partial charge in [-0.3, -0.25) is 4.79 Å². The molecule has 0 aromatic heterocycles. The van der Waals surface area contributed by atoms with E-state index in [4.69, 9.17) is 23.2 Å². The molecule has 0 spiro atoms. The van der Waals surface area contributed by atoms with Crippen LogP contribution in [0.1, 0.15) is 31.7 Å². The molecule has 1 saturated heterocycles. The number of hydrogen-bond donors (Lipinski definition) is 2. The number of amides is 1. The van der Waals surface area contributed by atoms with E-state index in [1.54, 1.807) is 12.1 Å². The van der Waals surface area contributed by atoms with Crippen molar-refractivity contribution in [1.29, 1.82) is 0 Å². The molecule has 5 heteroatoms. The van der Waals surface area contributed by atoms with Crippen LogP contribution in [0.3, 0.4) is 0 Å². The number of hydrogen-bond acceptors (Lipinski definition) is 2. The summed E-state index contributed by atoms with van der Waals surface area (Å²) in [5, 5.41) is 7.41. The fraction of sp³-hybridized carbons (Fsp3) is 0.500. The average molecular weight is 301 g/mol. The number of carbonyl (C=O) groups excluding carboxylic acids is 1. The highest BCUT2D eigenvalue weighted by Gasteiger charge is 2.23. The fourth-order valence-electron chi connectivity index (χ4n) is 2.32. The van der Waals surface area contributed by atoms with Crippen molar-refractivity contribution < 1.29 is 4.79 Å². The van der Waals surface area contributed by atoms with Gasteiger partial charge in [-0.1, -0.05) is 29.3 Å². The molecule has 3 nitrogen and oxygen atoms in total. The van der Waals surface area contributed by atoms with Gasteiger partial charge in [0.1, 0.15) is 0 Å². The molecule has 1 aliphatic rings. The molecule has 19 heavy (non-hydrogen) atoms. The van der Waals surface area contributed by atoms with Crippen LogP contribution in [-0.2, 0) is 11.3 Å². The topological polar surface area (TPSA) is 41.1 Å². The Morgan fingerprint density at radius 1 is 1.42 bits per heavy atom. The van der Waals surface area contributed by atoms with E-state index in [0.29, 0.717) is 22.6 Å². The van der Waals surface area contributed by atoms with Crippen LogP contribution in [0.5, 0.6) is 0 Å². The van der Waals surface area contributed by atoms with Gasteiger partial charge in [0.05, 0.1) is 6.04 Å². The summed E-state index contributed by atoms with van der Waals surface area (Å²) in [6.07, 6.45) is 3.12. The highest BCUT2D eigenvalue weighted by atomic mass is 35.5. The van der Waals surface area contributed by atoms with Crippen molar-refractivity contribution in [3.05, 3.63) is 33.8 Å². The van der Waals surface area contributed by atoms with Crippen LogP contribution in [0, 0.1) is 0 Å². The molecule has 0 saturated carbocycles. The summed E-state index contributed by atoms with van der Waals surface area (Å²) in [5.74, 6) is 0.0394. The van der Waals surface area contributed by atoms with Gasteiger partial charge in [0.15, 0.2) is 0 Å². The molecular weight excluding hydrogens is 283 g/mol. The summed E-state index contributed by atoms with van der Waals surface area (Å²) < 4.78 is 0. The first-order valence-corrected chi connectivity index (χ1v) is 7.29. The lowest BCUT2D eigenvalue weighted by Crippen LogP contribution is -2.49. The minimum atomic E-state index is -0.0881. The summed E-state index contributed by atoms with van der Waals surface area (Å²) in [6, 6.07) is 5.61. The number of piperidine rings is 1. The third kappa shape index (κ3) is 4.10. The molecule has 2 N–H and O–H groups in total. The molecule has 2 unspecified atom stereocenters. The zero-order chi connectivity index (χ0) is 13.8. The second-order valence-corrected chi connectivity index (χ2v) is 5.85. The van der Waals surface area contributed by atoms with Crippen molar-refractivity contribution in [1.82, 2.24) is 10.6 Å². The van der Waals surface area contributed by atoms with Crippen molar-refractivity contribution in [2.45, 2.75) is 44.8 Å². The second kappa shape index (κ2) is 6.60. The summed E-state index contributed by atoms with van der Waals surface area (Å²) >= 11 is 11.9. The molecule has 2 atom stereocenters. The molecule has 0 radical (unpaired) electrons. The van der Waals surface area contributed by atoms with Crippen molar-refractivity contribution in [3.63, 3.8) is 0 Å². The van der Waals surface area contributed by atoms with Gasteiger partial charge in [-0.15, -0.1) is 0 Å². The van der Waals surface area contributed by atoms with Gasteiger partial charge in [0, 0.05) is 22.6 Å². The quantitative estimate of drug-likeness (QED) is 0.900. The number of carbonyl (C=O) groups is 1. The smallest absolute Gasteiger partial charge is 0.237 e. The highest BCUT2D eigenvalue weighted by Crippen LogP contribution is 2.21. The van der Waals surface area contributed by atoms with Gasteiger partial charge in [-0.05, 0) is 43.9 Å². The number of halogens is 2. The van der Waals surface area contributed by atoms with E-state index < -0.39 is 0 Å². The molecule has 1 amide bonds. The molecule has 1 aromatic rings. The molecule has 0 bridgehead atoms. The van der Waals surface area contributed by atoms with Crippen LogP contribution in [0.4, 0.5) is 0 Å². The number of nitrogens with one attached hydrogen (secondary N) is 2. The third-order valence-electron chi connectivity index (χ3n) is 3.40. The number of benzene rings is 1. The maximum Gasteiger partial charge on any atom is 0.237 e. The second-order valence-electron chi connectivity index (χ2n) is 5.00. The van der Waals surface area contributed by atoms with Crippen molar-refractivity contribution in [2.24, 2.45) is 0 Å². The van der Waals surface area contributed by atoms with E-state index in [9.17, 15) is 4.79 Å². The summed E-state index contributed by atoms with van der Waals surface area (Å²) in [7, 11) is 0. The predicted molar refractivity (Wildman–Crippen MR) is 78.5 cm³/mol. The maximum absolute atomic E-state index is 12.1. The minimum Gasteiger partial charge on any atom is -0.351 e. The molecular formula is C14H18Cl2N2O. The van der Waals surface area contributed by atoms with Gasteiger partial charge >= 0.3 is 0 Å². The summed E-state index contributed by atoms with van der Waals surface area (Å²) in [6.45, 7) is 2.54. The molecule has 2 rings (SSSR count). The fourth-order valence-corrected chi connectivity index (χ4v) is 2.79. The molecule has 1 heterocycles. The van der Waals surface area contributed by atoms with Gasteiger partial charge in [0.2, 0.25) is 5.91 Å². The molecule has 104 valence electrons. The Bertz CT molecular complexity index is 465.